The summed E-state index contributed by atoms with van der Waals surface area (Å²) in [5, 5.41) is 5.13. The predicted octanol–water partition coefficient (Wildman–Crippen LogP) is 2.08. The molecule has 0 aliphatic carbocycles. The van der Waals surface area contributed by atoms with Gasteiger partial charge in [-0.3, -0.25) is 9.59 Å². The molecule has 1 spiro atoms. The van der Waals surface area contributed by atoms with Crippen LogP contribution in [0.25, 0.3) is 0 Å². The fourth-order valence-electron chi connectivity index (χ4n) is 4.25. The van der Waals surface area contributed by atoms with Crippen LogP contribution in [0.5, 0.6) is 5.75 Å². The Morgan fingerprint density at radius 1 is 1.41 bits per heavy atom. The van der Waals surface area contributed by atoms with E-state index >= 15 is 0 Å². The molecule has 3 aliphatic rings. The molecule has 5 rings (SSSR count). The zero-order valence-corrected chi connectivity index (χ0v) is 15.3. The first-order valence-electron chi connectivity index (χ1n) is 8.64. The number of ether oxygens (including phenoxy) is 2. The first kappa shape index (κ1) is 16.5. The first-order valence-corrected chi connectivity index (χ1v) is 9.52. The van der Waals surface area contributed by atoms with Crippen molar-refractivity contribution in [1.82, 2.24) is 4.98 Å². The van der Waals surface area contributed by atoms with Crippen molar-refractivity contribution in [3.8, 4) is 5.75 Å². The number of hydrogen-bond acceptors (Lipinski definition) is 6. The second-order valence-electron chi connectivity index (χ2n) is 6.85. The van der Waals surface area contributed by atoms with Gasteiger partial charge in [-0.1, -0.05) is 12.2 Å². The van der Waals surface area contributed by atoms with Gasteiger partial charge in [0.15, 0.2) is 5.13 Å². The van der Waals surface area contributed by atoms with E-state index < -0.39 is 17.4 Å². The van der Waals surface area contributed by atoms with Crippen LogP contribution in [-0.4, -0.2) is 42.2 Å². The van der Waals surface area contributed by atoms with Gasteiger partial charge in [-0.05, 0) is 24.3 Å². The Morgan fingerprint density at radius 3 is 2.93 bits per heavy atom. The molecule has 2 fully saturated rings. The highest BCUT2D eigenvalue weighted by atomic mass is 32.1. The fraction of sp³-hybridized carbons (Fsp3) is 0.316. The highest BCUT2D eigenvalue weighted by Gasteiger charge is 2.67. The van der Waals surface area contributed by atoms with Gasteiger partial charge >= 0.3 is 0 Å². The highest BCUT2D eigenvalue weighted by Crippen LogP contribution is 2.52. The van der Waals surface area contributed by atoms with E-state index in [0.717, 1.165) is 11.4 Å². The molecular formula is C19H17N3O4S. The number of rotatable bonds is 4. The minimum atomic E-state index is -0.743. The lowest BCUT2D eigenvalue weighted by molar-refractivity contribution is -0.128. The minimum Gasteiger partial charge on any atom is -0.497 e. The summed E-state index contributed by atoms with van der Waals surface area (Å²) in [4.78, 5) is 31.9. The summed E-state index contributed by atoms with van der Waals surface area (Å²) in [6.45, 7) is 0.400. The SMILES string of the molecule is COc1ccc(N2C[C@@]34C=C[C@@H](O3)[C@@H](C(=O)Nc3nccs3)[C@@H]4C2=O)cc1. The monoisotopic (exact) mass is 383 g/mol. The van der Waals surface area contributed by atoms with Crippen LogP contribution < -0.4 is 15.0 Å². The summed E-state index contributed by atoms with van der Waals surface area (Å²) in [5.41, 5.74) is 0.0242. The molecule has 2 saturated heterocycles. The molecule has 4 atom stereocenters. The number of nitrogens with zero attached hydrogens (tertiary/aromatic N) is 2. The number of carbonyl (C=O) groups excluding carboxylic acids is 2. The number of thiazole rings is 1. The van der Waals surface area contributed by atoms with E-state index in [9.17, 15) is 9.59 Å². The highest BCUT2D eigenvalue weighted by molar-refractivity contribution is 7.13. The normalized spacial score (nSPS) is 30.6. The molecule has 2 bridgehead atoms. The molecule has 7 nitrogen and oxygen atoms in total. The molecule has 0 saturated carbocycles. The summed E-state index contributed by atoms with van der Waals surface area (Å²) in [6.07, 6.45) is 5.09. The van der Waals surface area contributed by atoms with E-state index in [1.165, 1.54) is 11.3 Å². The van der Waals surface area contributed by atoms with Crippen LogP contribution in [0.4, 0.5) is 10.8 Å². The molecule has 1 N–H and O–H groups in total. The Morgan fingerprint density at radius 2 is 2.22 bits per heavy atom. The standard InChI is InChI=1S/C19H17N3O4S/c1-25-12-4-2-11(3-5-12)22-10-19-7-6-13(26-19)14(15(19)17(22)24)16(23)21-18-20-8-9-27-18/h2-9,13-15H,10H2,1H3,(H,20,21,23)/t13-,14-,15-,19-/m1/s1. The average molecular weight is 383 g/mol. The summed E-state index contributed by atoms with van der Waals surface area (Å²) >= 11 is 1.35. The van der Waals surface area contributed by atoms with E-state index in [-0.39, 0.29) is 17.9 Å². The first-order chi connectivity index (χ1) is 13.1. The molecule has 4 heterocycles. The maximum absolute atomic E-state index is 13.2. The topological polar surface area (TPSA) is 80.8 Å². The van der Waals surface area contributed by atoms with Crippen LogP contribution >= 0.6 is 11.3 Å². The Balaban J connectivity index is 1.44. The second kappa shape index (κ2) is 5.90. The van der Waals surface area contributed by atoms with Crippen LogP contribution in [-0.2, 0) is 14.3 Å². The molecule has 1 aromatic carbocycles. The van der Waals surface area contributed by atoms with Crippen LogP contribution in [0.3, 0.4) is 0 Å². The van der Waals surface area contributed by atoms with Gasteiger partial charge in [0, 0.05) is 17.3 Å². The second-order valence-corrected chi connectivity index (χ2v) is 7.74. The van der Waals surface area contributed by atoms with Gasteiger partial charge in [-0.15, -0.1) is 11.3 Å². The van der Waals surface area contributed by atoms with Gasteiger partial charge in [0.1, 0.15) is 11.4 Å². The van der Waals surface area contributed by atoms with E-state index in [1.807, 2.05) is 36.4 Å². The zero-order chi connectivity index (χ0) is 18.6. The van der Waals surface area contributed by atoms with Gasteiger partial charge in [-0.25, -0.2) is 4.98 Å². The number of hydrogen-bond donors (Lipinski definition) is 1. The predicted molar refractivity (Wildman–Crippen MR) is 99.8 cm³/mol. The van der Waals surface area contributed by atoms with E-state index in [2.05, 4.69) is 10.3 Å². The van der Waals surface area contributed by atoms with Crippen molar-refractivity contribution < 1.29 is 19.1 Å². The van der Waals surface area contributed by atoms with Crippen LogP contribution in [0.2, 0.25) is 0 Å². The molecule has 138 valence electrons. The maximum atomic E-state index is 13.2. The Labute approximate surface area is 159 Å². The van der Waals surface area contributed by atoms with Crippen molar-refractivity contribution >= 4 is 34.0 Å². The molecule has 1 aromatic heterocycles. The van der Waals surface area contributed by atoms with E-state index in [0.29, 0.717) is 11.7 Å². The van der Waals surface area contributed by atoms with Crippen molar-refractivity contribution in [1.29, 1.82) is 0 Å². The van der Waals surface area contributed by atoms with E-state index in [1.54, 1.807) is 23.6 Å². The summed E-state index contributed by atoms with van der Waals surface area (Å²) in [5.74, 6) is -0.687. The van der Waals surface area contributed by atoms with Crippen molar-refractivity contribution in [3.05, 3.63) is 48.0 Å². The van der Waals surface area contributed by atoms with Gasteiger partial charge in [0.2, 0.25) is 11.8 Å². The zero-order valence-electron chi connectivity index (χ0n) is 14.5. The number of anilines is 2. The van der Waals surface area contributed by atoms with E-state index in [4.69, 9.17) is 9.47 Å². The van der Waals surface area contributed by atoms with Crippen LogP contribution in [0, 0.1) is 11.8 Å². The number of amides is 2. The maximum Gasteiger partial charge on any atom is 0.234 e. The number of fused-ring (bicyclic) bond motifs is 1. The average Bonchev–Trinajstić information content (AvgIpc) is 3.44. The number of nitrogens with one attached hydrogen (secondary N) is 1. The summed E-state index contributed by atoms with van der Waals surface area (Å²) < 4.78 is 11.3. The van der Waals surface area contributed by atoms with Crippen LogP contribution in [0.1, 0.15) is 0 Å². The molecule has 8 heteroatoms. The van der Waals surface area contributed by atoms with Gasteiger partial charge in [0.05, 0.1) is 31.6 Å². The van der Waals surface area contributed by atoms with Crippen molar-refractivity contribution in [3.63, 3.8) is 0 Å². The van der Waals surface area contributed by atoms with Crippen molar-refractivity contribution in [2.75, 3.05) is 23.9 Å². The number of methoxy groups -OCH3 is 1. The largest absolute Gasteiger partial charge is 0.497 e. The van der Waals surface area contributed by atoms with Crippen molar-refractivity contribution in [2.24, 2.45) is 11.8 Å². The molecule has 3 aliphatic heterocycles. The Kier molecular flexibility index (Phi) is 3.60. The van der Waals surface area contributed by atoms with Gasteiger partial charge in [-0.2, -0.15) is 0 Å². The fourth-order valence-corrected chi connectivity index (χ4v) is 4.78. The molecule has 0 unspecified atom stereocenters. The lowest BCUT2D eigenvalue weighted by Crippen LogP contribution is -2.41. The van der Waals surface area contributed by atoms with Gasteiger partial charge in [0.25, 0.3) is 0 Å². The molecule has 2 amide bonds. The number of carbonyl (C=O) groups is 2. The molecular weight excluding hydrogens is 366 g/mol. The smallest absolute Gasteiger partial charge is 0.234 e. The van der Waals surface area contributed by atoms with Crippen molar-refractivity contribution in [2.45, 2.75) is 11.7 Å². The third-order valence-electron chi connectivity index (χ3n) is 5.45. The minimum absolute atomic E-state index is 0.0914. The Bertz CT molecular complexity index is 927. The third kappa shape index (κ3) is 2.40. The number of benzene rings is 1. The van der Waals surface area contributed by atoms with Crippen LogP contribution in [0.15, 0.2) is 48.0 Å². The number of aromatic nitrogens is 1. The lowest BCUT2D eigenvalue weighted by Gasteiger charge is -2.22. The Hall–Kier alpha value is -2.71. The summed E-state index contributed by atoms with van der Waals surface area (Å²) in [6, 6.07) is 7.31. The molecule has 27 heavy (non-hydrogen) atoms. The van der Waals surface area contributed by atoms with Gasteiger partial charge < -0.3 is 19.7 Å². The molecule has 0 radical (unpaired) electrons. The summed E-state index contributed by atoms with van der Waals surface area (Å²) in [7, 11) is 1.60. The lowest BCUT2D eigenvalue weighted by atomic mass is 9.77. The third-order valence-corrected chi connectivity index (χ3v) is 6.14. The quantitative estimate of drug-likeness (QED) is 0.818. The molecule has 2 aromatic rings.